The standard InChI is InChI=1S/C10H22N2O/c1-6-12(7-2)9(13)10(5,11)8(3)4/h8H,6-7,11H2,1-5H3. The minimum atomic E-state index is -0.730. The van der Waals surface area contributed by atoms with Gasteiger partial charge < -0.3 is 10.6 Å². The molecule has 0 radical (unpaired) electrons. The summed E-state index contributed by atoms with van der Waals surface area (Å²) in [5.74, 6) is 0.216. The molecule has 0 spiro atoms. The van der Waals surface area contributed by atoms with Gasteiger partial charge in [-0.3, -0.25) is 4.79 Å². The zero-order valence-corrected chi connectivity index (χ0v) is 9.42. The molecule has 0 aliphatic carbocycles. The van der Waals surface area contributed by atoms with Crippen LogP contribution in [0.25, 0.3) is 0 Å². The van der Waals surface area contributed by atoms with Crippen molar-refractivity contribution in [2.45, 2.75) is 40.2 Å². The highest BCUT2D eigenvalue weighted by Crippen LogP contribution is 2.16. The lowest BCUT2D eigenvalue weighted by atomic mass is 9.88. The fraction of sp³-hybridized carbons (Fsp3) is 0.900. The van der Waals surface area contributed by atoms with Gasteiger partial charge in [-0.2, -0.15) is 0 Å². The average molecular weight is 186 g/mol. The number of carbonyl (C=O) groups is 1. The summed E-state index contributed by atoms with van der Waals surface area (Å²) in [7, 11) is 0. The summed E-state index contributed by atoms with van der Waals surface area (Å²) in [5, 5.41) is 0. The predicted molar refractivity (Wildman–Crippen MR) is 55.4 cm³/mol. The molecular formula is C10H22N2O. The van der Waals surface area contributed by atoms with Gasteiger partial charge in [-0.25, -0.2) is 0 Å². The fourth-order valence-corrected chi connectivity index (χ4v) is 1.10. The van der Waals surface area contributed by atoms with Crippen molar-refractivity contribution in [2.75, 3.05) is 13.1 Å². The molecule has 0 aromatic carbocycles. The molecule has 0 bridgehead atoms. The summed E-state index contributed by atoms with van der Waals surface area (Å²) in [5.41, 5.74) is 5.23. The molecule has 78 valence electrons. The lowest BCUT2D eigenvalue weighted by molar-refractivity contribution is -0.137. The van der Waals surface area contributed by atoms with Crippen molar-refractivity contribution in [2.24, 2.45) is 11.7 Å². The highest BCUT2D eigenvalue weighted by molar-refractivity contribution is 5.85. The van der Waals surface area contributed by atoms with Crippen molar-refractivity contribution in [3.63, 3.8) is 0 Å². The summed E-state index contributed by atoms with van der Waals surface area (Å²) in [6.07, 6.45) is 0. The molecule has 0 rings (SSSR count). The number of carbonyl (C=O) groups excluding carboxylic acids is 1. The van der Waals surface area contributed by atoms with E-state index in [2.05, 4.69) is 0 Å². The Kier molecular flexibility index (Phi) is 4.40. The maximum atomic E-state index is 11.9. The topological polar surface area (TPSA) is 46.3 Å². The quantitative estimate of drug-likeness (QED) is 0.717. The van der Waals surface area contributed by atoms with Crippen LogP contribution >= 0.6 is 0 Å². The third-order valence-corrected chi connectivity index (χ3v) is 2.71. The molecule has 2 N–H and O–H groups in total. The molecule has 13 heavy (non-hydrogen) atoms. The normalized spacial score (nSPS) is 15.6. The van der Waals surface area contributed by atoms with E-state index in [0.29, 0.717) is 0 Å². The van der Waals surface area contributed by atoms with Crippen LogP contribution in [0.2, 0.25) is 0 Å². The van der Waals surface area contributed by atoms with E-state index in [1.807, 2.05) is 27.7 Å². The summed E-state index contributed by atoms with van der Waals surface area (Å²) < 4.78 is 0. The monoisotopic (exact) mass is 186 g/mol. The van der Waals surface area contributed by atoms with Gasteiger partial charge in [0.25, 0.3) is 0 Å². The summed E-state index contributed by atoms with van der Waals surface area (Å²) in [6, 6.07) is 0. The van der Waals surface area contributed by atoms with Crippen molar-refractivity contribution in [3.8, 4) is 0 Å². The highest BCUT2D eigenvalue weighted by atomic mass is 16.2. The van der Waals surface area contributed by atoms with Gasteiger partial charge in [0.2, 0.25) is 5.91 Å². The molecule has 0 aromatic rings. The summed E-state index contributed by atoms with van der Waals surface area (Å²) in [4.78, 5) is 13.6. The van der Waals surface area contributed by atoms with Crippen molar-refractivity contribution in [1.29, 1.82) is 0 Å². The van der Waals surface area contributed by atoms with Crippen LogP contribution in [0.1, 0.15) is 34.6 Å². The number of likely N-dealkylation sites (N-methyl/N-ethyl adjacent to an activating group) is 1. The van der Waals surface area contributed by atoms with E-state index in [1.165, 1.54) is 0 Å². The van der Waals surface area contributed by atoms with E-state index in [9.17, 15) is 4.79 Å². The number of hydrogen-bond acceptors (Lipinski definition) is 2. The van der Waals surface area contributed by atoms with Crippen LogP contribution in [-0.4, -0.2) is 29.4 Å². The lowest BCUT2D eigenvalue weighted by Gasteiger charge is -2.33. The first-order chi connectivity index (χ1) is 5.87. The van der Waals surface area contributed by atoms with Crippen molar-refractivity contribution in [3.05, 3.63) is 0 Å². The van der Waals surface area contributed by atoms with Gasteiger partial charge in [-0.15, -0.1) is 0 Å². The molecule has 1 amide bonds. The summed E-state index contributed by atoms with van der Waals surface area (Å²) in [6.45, 7) is 11.2. The average Bonchev–Trinajstić information content (AvgIpc) is 2.06. The Morgan fingerprint density at radius 1 is 1.38 bits per heavy atom. The Morgan fingerprint density at radius 2 is 1.77 bits per heavy atom. The number of nitrogens with two attached hydrogens (primary N) is 1. The first-order valence-corrected chi connectivity index (χ1v) is 4.96. The van der Waals surface area contributed by atoms with Crippen LogP contribution in [0.3, 0.4) is 0 Å². The minimum Gasteiger partial charge on any atom is -0.342 e. The Morgan fingerprint density at radius 3 is 2.00 bits per heavy atom. The first-order valence-electron chi connectivity index (χ1n) is 4.96. The zero-order valence-electron chi connectivity index (χ0n) is 9.42. The Bertz CT molecular complexity index is 172. The van der Waals surface area contributed by atoms with Gasteiger partial charge in [0.15, 0.2) is 0 Å². The SMILES string of the molecule is CCN(CC)C(=O)C(C)(N)C(C)C. The van der Waals surface area contributed by atoms with Crippen molar-refractivity contribution in [1.82, 2.24) is 4.90 Å². The molecule has 0 aliphatic heterocycles. The molecule has 0 aromatic heterocycles. The Hall–Kier alpha value is -0.570. The maximum absolute atomic E-state index is 11.9. The molecule has 0 fully saturated rings. The van der Waals surface area contributed by atoms with Gasteiger partial charge in [0.1, 0.15) is 0 Å². The van der Waals surface area contributed by atoms with E-state index in [-0.39, 0.29) is 11.8 Å². The molecule has 0 aliphatic rings. The third kappa shape index (κ3) is 2.69. The van der Waals surface area contributed by atoms with Crippen LogP contribution in [0.4, 0.5) is 0 Å². The van der Waals surface area contributed by atoms with Crippen LogP contribution in [0, 0.1) is 5.92 Å². The molecule has 0 saturated carbocycles. The van der Waals surface area contributed by atoms with Gasteiger partial charge in [-0.05, 0) is 26.7 Å². The Labute approximate surface area is 81.3 Å². The lowest BCUT2D eigenvalue weighted by Crippen LogP contribution is -2.56. The van der Waals surface area contributed by atoms with Gasteiger partial charge in [0.05, 0.1) is 5.54 Å². The maximum Gasteiger partial charge on any atom is 0.242 e. The van der Waals surface area contributed by atoms with E-state index in [4.69, 9.17) is 5.73 Å². The number of rotatable bonds is 4. The second-order valence-electron chi connectivity index (χ2n) is 3.91. The van der Waals surface area contributed by atoms with Crippen LogP contribution in [0.5, 0.6) is 0 Å². The smallest absolute Gasteiger partial charge is 0.242 e. The van der Waals surface area contributed by atoms with E-state index < -0.39 is 5.54 Å². The second-order valence-corrected chi connectivity index (χ2v) is 3.91. The molecule has 1 atom stereocenters. The van der Waals surface area contributed by atoms with E-state index >= 15 is 0 Å². The molecule has 0 heterocycles. The predicted octanol–water partition coefficient (Wildman–Crippen LogP) is 1.23. The fourth-order valence-electron chi connectivity index (χ4n) is 1.10. The van der Waals surface area contributed by atoms with Crippen molar-refractivity contribution >= 4 is 5.91 Å². The first kappa shape index (κ1) is 12.4. The highest BCUT2D eigenvalue weighted by Gasteiger charge is 2.34. The largest absolute Gasteiger partial charge is 0.342 e. The second kappa shape index (κ2) is 4.61. The van der Waals surface area contributed by atoms with Crippen LogP contribution in [-0.2, 0) is 4.79 Å². The summed E-state index contributed by atoms with van der Waals surface area (Å²) >= 11 is 0. The van der Waals surface area contributed by atoms with Crippen molar-refractivity contribution < 1.29 is 4.79 Å². The van der Waals surface area contributed by atoms with E-state index in [1.54, 1.807) is 11.8 Å². The van der Waals surface area contributed by atoms with Gasteiger partial charge >= 0.3 is 0 Å². The molecular weight excluding hydrogens is 164 g/mol. The molecule has 1 unspecified atom stereocenters. The number of nitrogens with zero attached hydrogens (tertiary/aromatic N) is 1. The van der Waals surface area contributed by atoms with Gasteiger partial charge in [0, 0.05) is 13.1 Å². The zero-order chi connectivity index (χ0) is 10.6. The number of hydrogen-bond donors (Lipinski definition) is 1. The third-order valence-electron chi connectivity index (χ3n) is 2.71. The van der Waals surface area contributed by atoms with E-state index in [0.717, 1.165) is 13.1 Å². The number of amides is 1. The molecule has 0 saturated heterocycles. The molecule has 3 nitrogen and oxygen atoms in total. The minimum absolute atomic E-state index is 0.0486. The molecule has 3 heteroatoms. The Balaban J connectivity index is 4.56. The van der Waals surface area contributed by atoms with Crippen LogP contribution in [0.15, 0.2) is 0 Å². The van der Waals surface area contributed by atoms with Gasteiger partial charge in [-0.1, -0.05) is 13.8 Å². The van der Waals surface area contributed by atoms with Crippen LogP contribution < -0.4 is 5.73 Å².